The summed E-state index contributed by atoms with van der Waals surface area (Å²) in [7, 11) is 0. The van der Waals surface area contributed by atoms with Crippen LogP contribution in [0.4, 0.5) is 13.2 Å². The second-order valence-electron chi connectivity index (χ2n) is 4.64. The predicted octanol–water partition coefficient (Wildman–Crippen LogP) is 2.48. The van der Waals surface area contributed by atoms with E-state index in [9.17, 15) is 22.5 Å². The number of benzene rings is 1. The fraction of sp³-hybridized carbons (Fsp3) is 0.462. The molecule has 110 valence electrons. The number of rotatable bonds is 2. The molecule has 0 spiro atoms. The van der Waals surface area contributed by atoms with E-state index in [1.165, 1.54) is 12.1 Å². The first-order valence-corrected chi connectivity index (χ1v) is 7.44. The molecular formula is C13H14F3NO2S. The van der Waals surface area contributed by atoms with Gasteiger partial charge in [0.25, 0.3) is 0 Å². The summed E-state index contributed by atoms with van der Waals surface area (Å²) in [5.74, 6) is -0.201. The minimum atomic E-state index is -4.46. The number of carbonyl (C=O) groups excluding carboxylic acids is 1. The lowest BCUT2D eigenvalue weighted by atomic mass is 10.2. The summed E-state index contributed by atoms with van der Waals surface area (Å²) in [4.78, 5) is 11.6. The van der Waals surface area contributed by atoms with Crippen molar-refractivity contribution < 1.29 is 22.5 Å². The van der Waals surface area contributed by atoms with Gasteiger partial charge in [0, 0.05) is 12.6 Å². The number of hydrogen-bond acceptors (Lipinski definition) is 2. The molecule has 1 aromatic rings. The van der Waals surface area contributed by atoms with Crippen LogP contribution in [0.15, 0.2) is 29.2 Å². The fourth-order valence-electron chi connectivity index (χ4n) is 2.11. The van der Waals surface area contributed by atoms with Crippen LogP contribution in [-0.4, -0.2) is 22.3 Å². The molecule has 3 nitrogen and oxygen atoms in total. The zero-order valence-electron chi connectivity index (χ0n) is 10.6. The van der Waals surface area contributed by atoms with E-state index in [0.29, 0.717) is 19.4 Å². The van der Waals surface area contributed by atoms with Crippen molar-refractivity contribution in [2.24, 2.45) is 0 Å². The monoisotopic (exact) mass is 305 g/mol. The zero-order valence-corrected chi connectivity index (χ0v) is 11.4. The molecule has 7 heteroatoms. The van der Waals surface area contributed by atoms with Gasteiger partial charge in [0.15, 0.2) is 4.90 Å². The van der Waals surface area contributed by atoms with E-state index in [-0.39, 0.29) is 17.2 Å². The van der Waals surface area contributed by atoms with Crippen LogP contribution in [0, 0.1) is 0 Å². The van der Waals surface area contributed by atoms with Gasteiger partial charge in [-0.25, -0.2) is 0 Å². The van der Waals surface area contributed by atoms with Gasteiger partial charge in [-0.3, -0.25) is 4.79 Å². The SMILES string of the molecule is O=C1CC([S+]([O-])c2cccc(C(F)(F)F)c2)CCCN1. The highest BCUT2D eigenvalue weighted by atomic mass is 32.2. The van der Waals surface area contributed by atoms with Crippen LogP contribution in [0.25, 0.3) is 0 Å². The van der Waals surface area contributed by atoms with Crippen molar-refractivity contribution in [2.45, 2.75) is 35.6 Å². The summed E-state index contributed by atoms with van der Waals surface area (Å²) in [6.07, 6.45) is -3.13. The van der Waals surface area contributed by atoms with E-state index in [1.54, 1.807) is 0 Å². The minimum Gasteiger partial charge on any atom is -0.611 e. The van der Waals surface area contributed by atoms with Gasteiger partial charge in [0.05, 0.1) is 12.0 Å². The lowest BCUT2D eigenvalue weighted by molar-refractivity contribution is -0.137. The summed E-state index contributed by atoms with van der Waals surface area (Å²) < 4.78 is 50.3. The Morgan fingerprint density at radius 2 is 2.10 bits per heavy atom. The van der Waals surface area contributed by atoms with Crippen molar-refractivity contribution in [3.8, 4) is 0 Å². The smallest absolute Gasteiger partial charge is 0.416 e. The van der Waals surface area contributed by atoms with Crippen molar-refractivity contribution >= 4 is 17.1 Å². The Kier molecular flexibility index (Phi) is 4.59. The van der Waals surface area contributed by atoms with Crippen LogP contribution in [0.3, 0.4) is 0 Å². The highest BCUT2D eigenvalue weighted by Crippen LogP contribution is 2.32. The van der Waals surface area contributed by atoms with E-state index in [1.807, 2.05) is 0 Å². The molecule has 1 amide bonds. The number of halogens is 3. The van der Waals surface area contributed by atoms with E-state index in [4.69, 9.17) is 0 Å². The lowest BCUT2D eigenvalue weighted by Crippen LogP contribution is -2.27. The molecule has 0 aromatic heterocycles. The quantitative estimate of drug-likeness (QED) is 0.854. The van der Waals surface area contributed by atoms with Crippen molar-refractivity contribution in [3.05, 3.63) is 29.8 Å². The van der Waals surface area contributed by atoms with E-state index in [2.05, 4.69) is 5.32 Å². The lowest BCUT2D eigenvalue weighted by Gasteiger charge is -2.19. The first kappa shape index (κ1) is 15.2. The average Bonchev–Trinajstić information content (AvgIpc) is 2.62. The Morgan fingerprint density at radius 3 is 2.80 bits per heavy atom. The Balaban J connectivity index is 2.19. The van der Waals surface area contributed by atoms with Gasteiger partial charge in [0.2, 0.25) is 5.91 Å². The minimum absolute atomic E-state index is 0.0862. The molecule has 2 atom stereocenters. The molecular weight excluding hydrogens is 291 g/mol. The Labute approximate surface area is 117 Å². The van der Waals surface area contributed by atoms with E-state index in [0.717, 1.165) is 12.1 Å². The second kappa shape index (κ2) is 6.05. The molecule has 1 heterocycles. The number of amides is 1. The predicted molar refractivity (Wildman–Crippen MR) is 68.5 cm³/mol. The highest BCUT2D eigenvalue weighted by molar-refractivity contribution is 7.92. The molecule has 0 radical (unpaired) electrons. The van der Waals surface area contributed by atoms with Crippen molar-refractivity contribution in [1.82, 2.24) is 5.32 Å². The van der Waals surface area contributed by atoms with Crippen LogP contribution < -0.4 is 5.32 Å². The largest absolute Gasteiger partial charge is 0.611 e. The zero-order chi connectivity index (χ0) is 14.8. The summed E-state index contributed by atoms with van der Waals surface area (Å²) in [5.41, 5.74) is -0.818. The van der Waals surface area contributed by atoms with Crippen molar-refractivity contribution in [2.75, 3.05) is 6.54 Å². The molecule has 2 rings (SSSR count). The van der Waals surface area contributed by atoms with E-state index < -0.39 is 28.2 Å². The molecule has 1 aliphatic rings. The van der Waals surface area contributed by atoms with Crippen LogP contribution >= 0.6 is 0 Å². The molecule has 20 heavy (non-hydrogen) atoms. The average molecular weight is 305 g/mol. The third-order valence-corrected chi connectivity index (χ3v) is 4.86. The summed E-state index contributed by atoms with van der Waals surface area (Å²) in [5, 5.41) is 2.23. The molecule has 0 bridgehead atoms. The third-order valence-electron chi connectivity index (χ3n) is 3.13. The first-order chi connectivity index (χ1) is 9.38. The molecule has 0 aliphatic carbocycles. The van der Waals surface area contributed by atoms with Gasteiger partial charge in [0.1, 0.15) is 5.25 Å². The maximum Gasteiger partial charge on any atom is 0.416 e. The number of carbonyl (C=O) groups is 1. The number of alkyl halides is 3. The maximum absolute atomic E-state index is 12.6. The molecule has 1 N–H and O–H groups in total. The van der Waals surface area contributed by atoms with Crippen molar-refractivity contribution in [1.29, 1.82) is 0 Å². The normalized spacial score (nSPS) is 22.0. The topological polar surface area (TPSA) is 52.2 Å². The molecule has 0 saturated carbocycles. The highest BCUT2D eigenvalue weighted by Gasteiger charge is 2.34. The molecule has 1 saturated heterocycles. The standard InChI is InChI=1S/C13H14F3NO2S/c14-13(15,16)9-3-1-4-10(7-9)20(19)11-5-2-6-17-12(18)8-11/h1,3-4,7,11H,2,5-6,8H2,(H,17,18). The number of nitrogens with one attached hydrogen (secondary N) is 1. The first-order valence-electron chi connectivity index (χ1n) is 6.22. The summed E-state index contributed by atoms with van der Waals surface area (Å²) in [6.45, 7) is 0.523. The van der Waals surface area contributed by atoms with Gasteiger partial charge >= 0.3 is 6.18 Å². The molecule has 1 aliphatic heterocycles. The fourth-order valence-corrected chi connectivity index (χ4v) is 3.64. The van der Waals surface area contributed by atoms with Crippen LogP contribution in [0.2, 0.25) is 0 Å². The maximum atomic E-state index is 12.6. The van der Waals surface area contributed by atoms with Gasteiger partial charge in [-0.1, -0.05) is 6.07 Å². The summed E-state index contributed by atoms with van der Waals surface area (Å²) >= 11 is -1.61. The van der Waals surface area contributed by atoms with Gasteiger partial charge in [-0.05, 0) is 36.2 Å². The van der Waals surface area contributed by atoms with Gasteiger partial charge in [-0.15, -0.1) is 0 Å². The van der Waals surface area contributed by atoms with Crippen LogP contribution in [0.5, 0.6) is 0 Å². The molecule has 1 aromatic carbocycles. The second-order valence-corrected chi connectivity index (χ2v) is 6.37. The Bertz CT molecular complexity index is 493. The molecule has 2 unspecified atom stereocenters. The summed E-state index contributed by atoms with van der Waals surface area (Å²) in [6, 6.07) is 4.50. The van der Waals surface area contributed by atoms with Crippen LogP contribution in [0.1, 0.15) is 24.8 Å². The molecule has 1 fully saturated rings. The van der Waals surface area contributed by atoms with Gasteiger partial charge in [-0.2, -0.15) is 13.2 Å². The Hall–Kier alpha value is -1.21. The third kappa shape index (κ3) is 3.67. The van der Waals surface area contributed by atoms with Crippen molar-refractivity contribution in [3.63, 3.8) is 0 Å². The Morgan fingerprint density at radius 1 is 1.35 bits per heavy atom. The van der Waals surface area contributed by atoms with Crippen LogP contribution in [-0.2, 0) is 22.1 Å². The van der Waals surface area contributed by atoms with Gasteiger partial charge < -0.3 is 9.87 Å². The number of hydrogen-bond donors (Lipinski definition) is 1. The van der Waals surface area contributed by atoms with E-state index >= 15 is 0 Å².